The van der Waals surface area contributed by atoms with Gasteiger partial charge >= 0.3 is 0 Å². The molecule has 0 aliphatic rings. The van der Waals surface area contributed by atoms with Gasteiger partial charge in [0.1, 0.15) is 11.1 Å². The number of nitrogens with zero attached hydrogens (tertiary/aromatic N) is 1. The highest BCUT2D eigenvalue weighted by Gasteiger charge is 2.22. The minimum absolute atomic E-state index is 0.930. The molecule has 3 heterocycles. The number of thiophene rings is 1. The molecule has 0 amide bonds. The van der Waals surface area contributed by atoms with E-state index in [2.05, 4.69) is 144 Å². The fourth-order valence-corrected chi connectivity index (χ4v) is 7.73. The van der Waals surface area contributed by atoms with E-state index in [4.69, 9.17) is 4.42 Å². The highest BCUT2D eigenvalue weighted by Crippen LogP contribution is 2.47. The predicted molar refractivity (Wildman–Crippen MR) is 174 cm³/mol. The van der Waals surface area contributed by atoms with Crippen LogP contribution in [0.2, 0.25) is 0 Å². The van der Waals surface area contributed by atoms with E-state index >= 15 is 0 Å². The van der Waals surface area contributed by atoms with Crippen molar-refractivity contribution >= 4 is 64.5 Å². The minimum Gasteiger partial charge on any atom is -0.453 e. The molecule has 0 aliphatic carbocycles. The molecule has 2 nitrogen and oxygen atoms in total. The number of hydrogen-bond acceptors (Lipinski definition) is 2. The third-order valence-electron chi connectivity index (χ3n) is 8.21. The van der Waals surface area contributed by atoms with Gasteiger partial charge in [0, 0.05) is 42.2 Å². The van der Waals surface area contributed by atoms with Crippen LogP contribution in [0.1, 0.15) is 0 Å². The quantitative estimate of drug-likeness (QED) is 0.217. The van der Waals surface area contributed by atoms with E-state index in [9.17, 15) is 0 Å². The molecular formula is C38H23NOS. The molecule has 0 fully saturated rings. The molecule has 0 atom stereocenters. The monoisotopic (exact) mass is 541 g/mol. The van der Waals surface area contributed by atoms with Crippen LogP contribution >= 0.6 is 11.3 Å². The van der Waals surface area contributed by atoms with Crippen molar-refractivity contribution in [1.82, 2.24) is 4.57 Å². The first-order valence-electron chi connectivity index (χ1n) is 13.9. The van der Waals surface area contributed by atoms with Gasteiger partial charge in [0.25, 0.3) is 0 Å². The summed E-state index contributed by atoms with van der Waals surface area (Å²) in [6.45, 7) is 0. The van der Waals surface area contributed by atoms with Gasteiger partial charge in [-0.05, 0) is 53.1 Å². The zero-order valence-electron chi connectivity index (χ0n) is 22.0. The molecule has 0 saturated heterocycles. The van der Waals surface area contributed by atoms with Crippen molar-refractivity contribution in [3.8, 4) is 27.9 Å². The summed E-state index contributed by atoms with van der Waals surface area (Å²) in [6, 6.07) is 49.7. The lowest BCUT2D eigenvalue weighted by Crippen LogP contribution is -1.92. The number of hydrogen-bond donors (Lipinski definition) is 0. The Balaban J connectivity index is 1.37. The maximum absolute atomic E-state index is 6.87. The summed E-state index contributed by atoms with van der Waals surface area (Å²) in [4.78, 5) is 0. The molecular weight excluding hydrogens is 518 g/mol. The Morgan fingerprint density at radius 1 is 0.488 bits per heavy atom. The molecule has 0 saturated carbocycles. The van der Waals surface area contributed by atoms with Crippen molar-refractivity contribution in [3.63, 3.8) is 0 Å². The lowest BCUT2D eigenvalue weighted by atomic mass is 9.96. The molecule has 0 spiro atoms. The first-order chi connectivity index (χ1) is 20.4. The molecule has 3 aromatic heterocycles. The zero-order valence-corrected chi connectivity index (χ0v) is 22.9. The van der Waals surface area contributed by atoms with E-state index < -0.39 is 0 Å². The second-order valence-electron chi connectivity index (χ2n) is 10.5. The maximum atomic E-state index is 6.87. The molecule has 3 heteroatoms. The van der Waals surface area contributed by atoms with Crippen LogP contribution in [0.3, 0.4) is 0 Å². The Kier molecular flexibility index (Phi) is 4.80. The Morgan fingerprint density at radius 2 is 1.15 bits per heavy atom. The number of furan rings is 1. The van der Waals surface area contributed by atoms with E-state index in [0.717, 1.165) is 44.2 Å². The van der Waals surface area contributed by atoms with Crippen LogP contribution in [-0.2, 0) is 0 Å². The lowest BCUT2D eigenvalue weighted by molar-refractivity contribution is 0.674. The summed E-state index contributed by atoms with van der Waals surface area (Å²) >= 11 is 1.87. The van der Waals surface area contributed by atoms with E-state index in [-0.39, 0.29) is 0 Å². The Hall–Kier alpha value is -5.12. The largest absolute Gasteiger partial charge is 0.453 e. The molecule has 0 unspecified atom stereocenters. The van der Waals surface area contributed by atoms with Crippen molar-refractivity contribution in [2.24, 2.45) is 0 Å². The Labute approximate surface area is 240 Å². The van der Waals surface area contributed by atoms with Gasteiger partial charge in [0.2, 0.25) is 0 Å². The van der Waals surface area contributed by atoms with E-state index in [0.29, 0.717) is 0 Å². The standard InChI is InChI=1S/C38H23NOS/c1-3-12-24(13-4-1)26-17-9-20-30-34-27(18-11-23-33(34)41-38(26)30)28-19-10-21-31-35-37(40-36(28)31)29-16-7-8-22-32(29)39(35)25-14-5-2-6-15-25/h1-23H. The van der Waals surface area contributed by atoms with Gasteiger partial charge in [-0.25, -0.2) is 0 Å². The summed E-state index contributed by atoms with van der Waals surface area (Å²) in [5.41, 5.74) is 10.1. The smallest absolute Gasteiger partial charge is 0.161 e. The van der Waals surface area contributed by atoms with Crippen LogP contribution < -0.4 is 0 Å². The molecule has 192 valence electrons. The highest BCUT2D eigenvalue weighted by atomic mass is 32.1. The summed E-state index contributed by atoms with van der Waals surface area (Å²) in [5, 5.41) is 4.82. The first-order valence-corrected chi connectivity index (χ1v) is 14.7. The predicted octanol–water partition coefficient (Wildman–Crippen LogP) is 11.2. The maximum Gasteiger partial charge on any atom is 0.161 e. The summed E-state index contributed by atoms with van der Waals surface area (Å²) in [6.07, 6.45) is 0. The molecule has 9 aromatic rings. The average Bonchev–Trinajstić information content (AvgIpc) is 3.71. The van der Waals surface area contributed by atoms with Gasteiger partial charge in [-0.3, -0.25) is 0 Å². The van der Waals surface area contributed by atoms with Gasteiger partial charge < -0.3 is 8.98 Å². The lowest BCUT2D eigenvalue weighted by Gasteiger charge is -2.09. The fourth-order valence-electron chi connectivity index (χ4n) is 6.47. The molecule has 0 aliphatic heterocycles. The average molecular weight is 542 g/mol. The van der Waals surface area contributed by atoms with Crippen LogP contribution in [0.25, 0.3) is 81.1 Å². The fraction of sp³-hybridized carbons (Fsp3) is 0. The highest BCUT2D eigenvalue weighted by molar-refractivity contribution is 7.26. The van der Waals surface area contributed by atoms with Crippen molar-refractivity contribution in [3.05, 3.63) is 140 Å². The SMILES string of the molecule is c1ccc(-c2cccc3c2sc2cccc(-c4cccc5c4oc4c6ccccc6n(-c6ccccc6)c54)c23)cc1. The zero-order chi connectivity index (χ0) is 26.9. The number of benzene rings is 6. The Morgan fingerprint density at radius 3 is 2.00 bits per heavy atom. The van der Waals surface area contributed by atoms with Gasteiger partial charge in [0.05, 0.1) is 5.52 Å². The van der Waals surface area contributed by atoms with Gasteiger partial charge in [0.15, 0.2) is 5.58 Å². The topological polar surface area (TPSA) is 18.1 Å². The molecule has 9 rings (SSSR count). The second kappa shape index (κ2) is 8.69. The molecule has 0 bridgehead atoms. The van der Waals surface area contributed by atoms with E-state index in [1.165, 1.54) is 36.9 Å². The van der Waals surface area contributed by atoms with Crippen LogP contribution in [0.15, 0.2) is 144 Å². The Bertz CT molecular complexity index is 2410. The van der Waals surface area contributed by atoms with E-state index in [1.54, 1.807) is 0 Å². The number of para-hydroxylation sites is 3. The summed E-state index contributed by atoms with van der Waals surface area (Å²) in [5.74, 6) is 0. The third-order valence-corrected chi connectivity index (χ3v) is 9.42. The van der Waals surface area contributed by atoms with Gasteiger partial charge in [-0.1, -0.05) is 103 Å². The van der Waals surface area contributed by atoms with Crippen LogP contribution in [0, 0.1) is 0 Å². The normalized spacial score (nSPS) is 11.9. The molecule has 0 N–H and O–H groups in total. The molecule has 41 heavy (non-hydrogen) atoms. The second-order valence-corrected chi connectivity index (χ2v) is 11.5. The number of fused-ring (bicyclic) bond motifs is 8. The van der Waals surface area contributed by atoms with Crippen molar-refractivity contribution in [2.75, 3.05) is 0 Å². The van der Waals surface area contributed by atoms with Crippen molar-refractivity contribution < 1.29 is 4.42 Å². The minimum atomic E-state index is 0.930. The summed E-state index contributed by atoms with van der Waals surface area (Å²) < 4.78 is 11.8. The van der Waals surface area contributed by atoms with Crippen LogP contribution in [-0.4, -0.2) is 4.57 Å². The number of rotatable bonds is 3. The van der Waals surface area contributed by atoms with Gasteiger partial charge in [-0.2, -0.15) is 0 Å². The summed E-state index contributed by atoms with van der Waals surface area (Å²) in [7, 11) is 0. The van der Waals surface area contributed by atoms with Crippen molar-refractivity contribution in [2.45, 2.75) is 0 Å². The van der Waals surface area contributed by atoms with Crippen LogP contribution in [0.4, 0.5) is 0 Å². The van der Waals surface area contributed by atoms with E-state index in [1.807, 2.05) is 11.3 Å². The van der Waals surface area contributed by atoms with Gasteiger partial charge in [-0.15, -0.1) is 11.3 Å². The number of aromatic nitrogens is 1. The molecule has 6 aromatic carbocycles. The van der Waals surface area contributed by atoms with Crippen LogP contribution in [0.5, 0.6) is 0 Å². The molecule has 0 radical (unpaired) electrons. The first kappa shape index (κ1) is 22.7. The van der Waals surface area contributed by atoms with Crippen molar-refractivity contribution in [1.29, 1.82) is 0 Å². The third kappa shape index (κ3) is 3.24.